The lowest BCUT2D eigenvalue weighted by Gasteiger charge is -2.35. The van der Waals surface area contributed by atoms with Gasteiger partial charge in [0.15, 0.2) is 0 Å². The summed E-state index contributed by atoms with van der Waals surface area (Å²) in [5.41, 5.74) is 1.22. The Morgan fingerprint density at radius 2 is 1.94 bits per heavy atom. The molecule has 2 aromatic heterocycles. The molecule has 0 bridgehead atoms. The average Bonchev–Trinajstić information content (AvgIpc) is 3.23. The van der Waals surface area contributed by atoms with Gasteiger partial charge in [-0.25, -0.2) is 9.97 Å². The first-order chi connectivity index (χ1) is 15.5. The van der Waals surface area contributed by atoms with Crippen LogP contribution >= 0.6 is 23.1 Å². The molecule has 1 amide bonds. The van der Waals surface area contributed by atoms with E-state index in [0.717, 1.165) is 60.2 Å². The monoisotopic (exact) mass is 466 g/mol. The first kappa shape index (κ1) is 23.0. The molecule has 3 heterocycles. The number of benzene rings is 1. The van der Waals surface area contributed by atoms with Crippen LogP contribution in [0.15, 0.2) is 47.5 Å². The molecule has 1 unspecified atom stereocenters. The lowest BCUT2D eigenvalue weighted by Crippen LogP contribution is -2.50. The van der Waals surface area contributed by atoms with E-state index < -0.39 is 0 Å². The van der Waals surface area contributed by atoms with E-state index in [2.05, 4.69) is 64.3 Å². The Kier molecular flexibility index (Phi) is 7.60. The third kappa shape index (κ3) is 5.57. The molecule has 168 valence electrons. The Morgan fingerprint density at radius 3 is 2.66 bits per heavy atom. The van der Waals surface area contributed by atoms with Gasteiger partial charge >= 0.3 is 0 Å². The predicted octanol–water partition coefficient (Wildman–Crippen LogP) is 4.90. The van der Waals surface area contributed by atoms with Crippen LogP contribution in [0.4, 0.5) is 0 Å². The van der Waals surface area contributed by atoms with Crippen molar-refractivity contribution in [3.05, 3.63) is 58.7 Å². The van der Waals surface area contributed by atoms with Crippen LogP contribution < -0.4 is 0 Å². The molecule has 1 aliphatic heterocycles. The van der Waals surface area contributed by atoms with Crippen LogP contribution in [0.3, 0.4) is 0 Å². The number of fused-ring (bicyclic) bond motifs is 1. The highest BCUT2D eigenvalue weighted by molar-refractivity contribution is 8.00. The molecule has 0 aliphatic carbocycles. The van der Waals surface area contributed by atoms with Crippen LogP contribution in [0.25, 0.3) is 16.3 Å². The van der Waals surface area contributed by atoms with Gasteiger partial charge in [0.2, 0.25) is 5.91 Å². The number of aryl methyl sites for hydroxylation is 2. The molecule has 1 aliphatic rings. The molecule has 1 saturated heterocycles. The highest BCUT2D eigenvalue weighted by Crippen LogP contribution is 2.34. The van der Waals surface area contributed by atoms with Gasteiger partial charge in [-0.1, -0.05) is 61.2 Å². The summed E-state index contributed by atoms with van der Waals surface area (Å²) >= 11 is 3.29. The molecule has 4 rings (SSSR count). The second kappa shape index (κ2) is 10.6. The van der Waals surface area contributed by atoms with Crippen molar-refractivity contribution in [2.75, 3.05) is 32.7 Å². The summed E-state index contributed by atoms with van der Waals surface area (Å²) in [6.45, 7) is 10.4. The second-order valence-electron chi connectivity index (χ2n) is 8.06. The minimum atomic E-state index is -0.165. The van der Waals surface area contributed by atoms with E-state index in [1.165, 1.54) is 10.4 Å². The zero-order valence-corrected chi connectivity index (χ0v) is 20.6. The van der Waals surface area contributed by atoms with Crippen LogP contribution in [-0.2, 0) is 11.2 Å². The Bertz CT molecular complexity index is 1090. The van der Waals surface area contributed by atoms with E-state index in [0.29, 0.717) is 0 Å². The SMILES string of the molecule is CCc1cc2c(SC(C)C(=O)N3CCN(C/C=C/c4ccccc4)CC3)nc(C)nc2s1. The zero-order chi connectivity index (χ0) is 22.5. The van der Waals surface area contributed by atoms with Crippen molar-refractivity contribution in [1.29, 1.82) is 0 Å². The zero-order valence-electron chi connectivity index (χ0n) is 19.0. The minimum absolute atomic E-state index is 0.165. The molecule has 5 nitrogen and oxygen atoms in total. The maximum absolute atomic E-state index is 13.1. The highest BCUT2D eigenvalue weighted by atomic mass is 32.2. The Labute approximate surface area is 198 Å². The van der Waals surface area contributed by atoms with Crippen molar-refractivity contribution in [1.82, 2.24) is 19.8 Å². The van der Waals surface area contributed by atoms with Gasteiger partial charge in [-0.05, 0) is 31.9 Å². The molecular formula is C25H30N4OS2. The van der Waals surface area contributed by atoms with Crippen molar-refractivity contribution in [3.63, 3.8) is 0 Å². The van der Waals surface area contributed by atoms with Crippen LogP contribution in [-0.4, -0.2) is 63.6 Å². The molecule has 0 radical (unpaired) electrons. The van der Waals surface area contributed by atoms with Crippen LogP contribution in [0.5, 0.6) is 0 Å². The summed E-state index contributed by atoms with van der Waals surface area (Å²) < 4.78 is 0. The van der Waals surface area contributed by atoms with Gasteiger partial charge < -0.3 is 4.90 Å². The van der Waals surface area contributed by atoms with Crippen molar-refractivity contribution in [3.8, 4) is 0 Å². The number of thioether (sulfide) groups is 1. The maximum Gasteiger partial charge on any atom is 0.235 e. The first-order valence-corrected chi connectivity index (χ1v) is 12.9. The lowest BCUT2D eigenvalue weighted by molar-refractivity contribution is -0.131. The molecule has 0 spiro atoms. The fourth-order valence-corrected chi connectivity index (χ4v) is 5.97. The Balaban J connectivity index is 1.32. The van der Waals surface area contributed by atoms with E-state index in [-0.39, 0.29) is 11.2 Å². The minimum Gasteiger partial charge on any atom is -0.339 e. The molecular weight excluding hydrogens is 436 g/mol. The van der Waals surface area contributed by atoms with Gasteiger partial charge in [-0.3, -0.25) is 9.69 Å². The van der Waals surface area contributed by atoms with E-state index in [4.69, 9.17) is 0 Å². The smallest absolute Gasteiger partial charge is 0.235 e. The number of thiophene rings is 1. The summed E-state index contributed by atoms with van der Waals surface area (Å²) in [5.74, 6) is 0.964. The number of hydrogen-bond donors (Lipinski definition) is 0. The number of aromatic nitrogens is 2. The summed E-state index contributed by atoms with van der Waals surface area (Å²) in [4.78, 5) is 29.1. The standard InChI is InChI=1S/C25H30N4OS2/c1-4-21-17-22-23(26-19(3)27-24(22)32-21)31-18(2)25(30)29-15-13-28(14-16-29)12-8-11-20-9-6-5-7-10-20/h5-11,17-18H,4,12-16H2,1-3H3/b11-8+. The van der Waals surface area contributed by atoms with Crippen LogP contribution in [0, 0.1) is 6.92 Å². The molecule has 7 heteroatoms. The summed E-state index contributed by atoms with van der Waals surface area (Å²) in [6.07, 6.45) is 5.36. The largest absolute Gasteiger partial charge is 0.339 e. The molecule has 32 heavy (non-hydrogen) atoms. The van der Waals surface area contributed by atoms with E-state index in [1.54, 1.807) is 23.1 Å². The highest BCUT2D eigenvalue weighted by Gasteiger charge is 2.26. The van der Waals surface area contributed by atoms with Gasteiger partial charge in [-0.15, -0.1) is 11.3 Å². The molecule has 1 atom stereocenters. The fourth-order valence-electron chi connectivity index (χ4n) is 3.84. The number of piperazine rings is 1. The number of nitrogens with zero attached hydrogens (tertiary/aromatic N) is 4. The Hall–Kier alpha value is -2.22. The molecule has 0 N–H and O–H groups in total. The van der Waals surface area contributed by atoms with Crippen LogP contribution in [0.2, 0.25) is 0 Å². The van der Waals surface area contributed by atoms with Crippen LogP contribution in [0.1, 0.15) is 30.1 Å². The van der Waals surface area contributed by atoms with Crippen molar-refractivity contribution < 1.29 is 4.79 Å². The first-order valence-electron chi connectivity index (χ1n) is 11.2. The number of hydrogen-bond acceptors (Lipinski definition) is 6. The van der Waals surface area contributed by atoms with Crippen molar-refractivity contribution in [2.24, 2.45) is 0 Å². The van der Waals surface area contributed by atoms with E-state index in [9.17, 15) is 4.79 Å². The van der Waals surface area contributed by atoms with Gasteiger partial charge in [0, 0.05) is 43.0 Å². The topological polar surface area (TPSA) is 49.3 Å². The van der Waals surface area contributed by atoms with Gasteiger partial charge in [0.25, 0.3) is 0 Å². The van der Waals surface area contributed by atoms with E-state index in [1.807, 2.05) is 24.8 Å². The third-order valence-corrected chi connectivity index (χ3v) is 7.93. The Morgan fingerprint density at radius 1 is 1.19 bits per heavy atom. The number of amides is 1. The third-order valence-electron chi connectivity index (χ3n) is 5.66. The average molecular weight is 467 g/mol. The lowest BCUT2D eigenvalue weighted by atomic mass is 10.2. The number of carbonyl (C=O) groups excluding carboxylic acids is 1. The number of carbonyl (C=O) groups is 1. The normalized spacial score (nSPS) is 16.2. The predicted molar refractivity (Wildman–Crippen MR) is 135 cm³/mol. The van der Waals surface area contributed by atoms with Crippen molar-refractivity contribution >= 4 is 45.3 Å². The second-order valence-corrected chi connectivity index (χ2v) is 10.5. The van der Waals surface area contributed by atoms with E-state index >= 15 is 0 Å². The van der Waals surface area contributed by atoms with Gasteiger partial charge in [0.05, 0.1) is 5.25 Å². The summed E-state index contributed by atoms with van der Waals surface area (Å²) in [6, 6.07) is 12.5. The fraction of sp³-hybridized carbons (Fsp3) is 0.400. The quantitative estimate of drug-likeness (QED) is 0.366. The molecule has 1 fully saturated rings. The van der Waals surface area contributed by atoms with Gasteiger partial charge in [-0.2, -0.15) is 0 Å². The number of rotatable bonds is 7. The van der Waals surface area contributed by atoms with Crippen molar-refractivity contribution in [2.45, 2.75) is 37.5 Å². The summed E-state index contributed by atoms with van der Waals surface area (Å²) in [7, 11) is 0. The molecule has 3 aromatic rings. The maximum atomic E-state index is 13.1. The molecule has 0 saturated carbocycles. The van der Waals surface area contributed by atoms with Gasteiger partial charge in [0.1, 0.15) is 15.7 Å². The molecule has 1 aromatic carbocycles. The summed E-state index contributed by atoms with van der Waals surface area (Å²) in [5, 5.41) is 1.84.